The lowest BCUT2D eigenvalue weighted by molar-refractivity contribution is 0.319. The SMILES string of the molecule is Cc1ccc2nc(C(N)/C=N/O)[nH]c2c1. The van der Waals surface area contributed by atoms with Crippen molar-refractivity contribution in [1.82, 2.24) is 9.97 Å². The van der Waals surface area contributed by atoms with Crippen LogP contribution in [0.1, 0.15) is 17.4 Å². The lowest BCUT2D eigenvalue weighted by atomic mass is 10.2. The van der Waals surface area contributed by atoms with Gasteiger partial charge in [-0.2, -0.15) is 0 Å². The van der Waals surface area contributed by atoms with Crippen LogP contribution in [0.2, 0.25) is 0 Å². The molecule has 2 aromatic rings. The Morgan fingerprint density at radius 2 is 2.40 bits per heavy atom. The van der Waals surface area contributed by atoms with Crippen molar-refractivity contribution in [3.8, 4) is 0 Å². The summed E-state index contributed by atoms with van der Waals surface area (Å²) in [6, 6.07) is 5.39. The van der Waals surface area contributed by atoms with E-state index in [2.05, 4.69) is 15.1 Å². The molecule has 0 saturated heterocycles. The molecule has 1 heterocycles. The van der Waals surface area contributed by atoms with E-state index in [1.807, 2.05) is 25.1 Å². The van der Waals surface area contributed by atoms with Crippen molar-refractivity contribution in [3.05, 3.63) is 29.6 Å². The van der Waals surface area contributed by atoms with Gasteiger partial charge in [-0.3, -0.25) is 0 Å². The molecule has 0 saturated carbocycles. The van der Waals surface area contributed by atoms with Gasteiger partial charge in [-0.1, -0.05) is 11.2 Å². The average Bonchev–Trinajstić information content (AvgIpc) is 2.60. The summed E-state index contributed by atoms with van der Waals surface area (Å²) in [5.41, 5.74) is 8.65. The molecule has 2 rings (SSSR count). The Morgan fingerprint density at radius 1 is 1.60 bits per heavy atom. The third kappa shape index (κ3) is 1.82. The number of rotatable bonds is 2. The molecular formula is C10H12N4O. The van der Waals surface area contributed by atoms with Crippen molar-refractivity contribution in [2.75, 3.05) is 0 Å². The number of aromatic amines is 1. The summed E-state index contributed by atoms with van der Waals surface area (Å²) < 4.78 is 0. The van der Waals surface area contributed by atoms with E-state index in [9.17, 15) is 0 Å². The highest BCUT2D eigenvalue weighted by molar-refractivity contribution is 5.77. The monoisotopic (exact) mass is 204 g/mol. The molecule has 5 heteroatoms. The summed E-state index contributed by atoms with van der Waals surface area (Å²) in [6.45, 7) is 2.01. The van der Waals surface area contributed by atoms with E-state index in [1.54, 1.807) is 0 Å². The number of nitrogens with zero attached hydrogens (tertiary/aromatic N) is 2. The number of nitrogens with two attached hydrogens (primary N) is 1. The van der Waals surface area contributed by atoms with Gasteiger partial charge < -0.3 is 15.9 Å². The zero-order valence-electron chi connectivity index (χ0n) is 8.31. The number of aryl methyl sites for hydroxylation is 1. The summed E-state index contributed by atoms with van der Waals surface area (Å²) in [7, 11) is 0. The van der Waals surface area contributed by atoms with E-state index in [4.69, 9.17) is 10.9 Å². The minimum atomic E-state index is -0.511. The normalized spacial score (nSPS) is 13.7. The first-order valence-corrected chi connectivity index (χ1v) is 4.60. The molecule has 0 amide bonds. The predicted molar refractivity (Wildman–Crippen MR) is 58.0 cm³/mol. The lowest BCUT2D eigenvalue weighted by Crippen LogP contribution is -2.13. The van der Waals surface area contributed by atoms with Crippen molar-refractivity contribution in [3.63, 3.8) is 0 Å². The Balaban J connectivity index is 2.47. The second-order valence-electron chi connectivity index (χ2n) is 3.43. The van der Waals surface area contributed by atoms with Gasteiger partial charge in [0.1, 0.15) is 11.9 Å². The molecule has 0 radical (unpaired) electrons. The van der Waals surface area contributed by atoms with Gasteiger partial charge >= 0.3 is 0 Å². The Labute approximate surface area is 86.6 Å². The van der Waals surface area contributed by atoms with Crippen molar-refractivity contribution >= 4 is 17.2 Å². The van der Waals surface area contributed by atoms with E-state index in [1.165, 1.54) is 6.21 Å². The molecule has 1 atom stereocenters. The van der Waals surface area contributed by atoms with Gasteiger partial charge in [0.2, 0.25) is 0 Å². The minimum absolute atomic E-state index is 0.511. The maximum absolute atomic E-state index is 8.36. The van der Waals surface area contributed by atoms with Crippen LogP contribution in [0.4, 0.5) is 0 Å². The summed E-state index contributed by atoms with van der Waals surface area (Å²) >= 11 is 0. The van der Waals surface area contributed by atoms with E-state index >= 15 is 0 Å². The van der Waals surface area contributed by atoms with Crippen molar-refractivity contribution in [2.45, 2.75) is 13.0 Å². The first kappa shape index (κ1) is 9.67. The molecule has 1 aromatic carbocycles. The smallest absolute Gasteiger partial charge is 0.129 e. The number of imidazole rings is 1. The van der Waals surface area contributed by atoms with Crippen LogP contribution >= 0.6 is 0 Å². The van der Waals surface area contributed by atoms with Crippen LogP contribution in [0.5, 0.6) is 0 Å². The predicted octanol–water partition coefficient (Wildman–Crippen LogP) is 1.33. The Hall–Kier alpha value is -1.88. The first-order chi connectivity index (χ1) is 7.20. The van der Waals surface area contributed by atoms with Crippen LogP contribution in [0, 0.1) is 6.92 Å². The zero-order chi connectivity index (χ0) is 10.8. The van der Waals surface area contributed by atoms with Crippen LogP contribution in [0.15, 0.2) is 23.4 Å². The third-order valence-corrected chi connectivity index (χ3v) is 2.20. The molecule has 15 heavy (non-hydrogen) atoms. The lowest BCUT2D eigenvalue weighted by Gasteiger charge is -1.97. The Kier molecular flexibility index (Phi) is 2.39. The maximum Gasteiger partial charge on any atom is 0.129 e. The Bertz CT molecular complexity index is 503. The molecule has 0 aliphatic heterocycles. The molecule has 78 valence electrons. The van der Waals surface area contributed by atoms with Gasteiger partial charge in [0, 0.05) is 0 Å². The summed E-state index contributed by atoms with van der Waals surface area (Å²) in [5.74, 6) is 0.591. The van der Waals surface area contributed by atoms with Crippen LogP contribution in [-0.4, -0.2) is 21.4 Å². The largest absolute Gasteiger partial charge is 0.411 e. The fourth-order valence-corrected chi connectivity index (χ4v) is 1.44. The van der Waals surface area contributed by atoms with Crippen LogP contribution in [-0.2, 0) is 0 Å². The molecule has 1 unspecified atom stereocenters. The maximum atomic E-state index is 8.36. The van der Waals surface area contributed by atoms with E-state index in [0.717, 1.165) is 16.6 Å². The van der Waals surface area contributed by atoms with Gasteiger partial charge in [-0.05, 0) is 24.6 Å². The molecule has 0 spiro atoms. The summed E-state index contributed by atoms with van der Waals surface area (Å²) in [5, 5.41) is 11.3. The topological polar surface area (TPSA) is 87.3 Å². The number of hydrogen-bond donors (Lipinski definition) is 3. The molecule has 0 aliphatic rings. The van der Waals surface area contributed by atoms with Crippen LogP contribution < -0.4 is 5.73 Å². The fraction of sp³-hybridized carbons (Fsp3) is 0.200. The van der Waals surface area contributed by atoms with Crippen molar-refractivity contribution in [2.24, 2.45) is 10.9 Å². The number of H-pyrrole nitrogens is 1. The summed E-state index contributed by atoms with van der Waals surface area (Å²) in [6.07, 6.45) is 1.23. The van der Waals surface area contributed by atoms with Gasteiger partial charge in [-0.15, -0.1) is 0 Å². The molecule has 4 N–H and O–H groups in total. The second-order valence-corrected chi connectivity index (χ2v) is 3.43. The van der Waals surface area contributed by atoms with Crippen molar-refractivity contribution in [1.29, 1.82) is 0 Å². The van der Waals surface area contributed by atoms with Crippen LogP contribution in [0.3, 0.4) is 0 Å². The van der Waals surface area contributed by atoms with E-state index in [0.29, 0.717) is 5.82 Å². The molecule has 0 aliphatic carbocycles. The highest BCUT2D eigenvalue weighted by Crippen LogP contribution is 2.15. The zero-order valence-corrected chi connectivity index (χ0v) is 8.31. The fourth-order valence-electron chi connectivity index (χ4n) is 1.44. The van der Waals surface area contributed by atoms with Gasteiger partial charge in [0.05, 0.1) is 17.2 Å². The molecule has 5 nitrogen and oxygen atoms in total. The standard InChI is InChI=1S/C10H12N4O/c1-6-2-3-8-9(4-6)14-10(13-8)7(11)5-12-15/h2-5,7,15H,11H2,1H3,(H,13,14)/b12-5+. The number of oxime groups is 1. The number of nitrogens with one attached hydrogen (secondary N) is 1. The quantitative estimate of drug-likeness (QED) is 0.392. The number of aromatic nitrogens is 2. The molecule has 1 aromatic heterocycles. The number of hydrogen-bond acceptors (Lipinski definition) is 4. The molecular weight excluding hydrogens is 192 g/mol. The van der Waals surface area contributed by atoms with Crippen LogP contribution in [0.25, 0.3) is 11.0 Å². The molecule has 0 bridgehead atoms. The summed E-state index contributed by atoms with van der Waals surface area (Å²) in [4.78, 5) is 7.37. The highest BCUT2D eigenvalue weighted by Gasteiger charge is 2.08. The number of benzene rings is 1. The third-order valence-electron chi connectivity index (χ3n) is 2.20. The average molecular weight is 204 g/mol. The molecule has 0 fully saturated rings. The van der Waals surface area contributed by atoms with Gasteiger partial charge in [0.25, 0.3) is 0 Å². The highest BCUT2D eigenvalue weighted by atomic mass is 16.4. The first-order valence-electron chi connectivity index (χ1n) is 4.60. The van der Waals surface area contributed by atoms with E-state index < -0.39 is 6.04 Å². The van der Waals surface area contributed by atoms with Crippen molar-refractivity contribution < 1.29 is 5.21 Å². The second kappa shape index (κ2) is 3.70. The van der Waals surface area contributed by atoms with Gasteiger partial charge in [-0.25, -0.2) is 4.98 Å². The van der Waals surface area contributed by atoms with E-state index in [-0.39, 0.29) is 0 Å². The Morgan fingerprint density at radius 3 is 3.13 bits per heavy atom. The minimum Gasteiger partial charge on any atom is -0.411 e. The van der Waals surface area contributed by atoms with Gasteiger partial charge in [0.15, 0.2) is 0 Å². The number of fused-ring (bicyclic) bond motifs is 1.